The van der Waals surface area contributed by atoms with Crippen molar-refractivity contribution in [1.29, 1.82) is 0 Å². The summed E-state index contributed by atoms with van der Waals surface area (Å²) in [5.41, 5.74) is 0.575. The maximum Gasteiger partial charge on any atom is 0.255 e. The fourth-order valence-electron chi connectivity index (χ4n) is 5.66. The minimum atomic E-state index is -0.0507. The average Bonchev–Trinajstić information content (AvgIpc) is 3.14. The molecule has 1 heterocycles. The number of ether oxygens (including phenoxy) is 2. The number of likely N-dealkylation sites (tertiary alicyclic amines) is 1. The average molecular weight is 373 g/mol. The molecule has 2 saturated carbocycles. The normalized spacial score (nSPS) is 30.7. The SMILES string of the molecule is COc1ccc(C(=O)N[C@H]2CCN(C3C4CCCC3CCC4)C2)c(OC)c1. The molecule has 1 aromatic rings. The van der Waals surface area contributed by atoms with Crippen LogP contribution in [0.3, 0.4) is 0 Å². The van der Waals surface area contributed by atoms with Gasteiger partial charge in [-0.05, 0) is 56.1 Å². The van der Waals surface area contributed by atoms with Crippen LogP contribution in [0, 0.1) is 11.8 Å². The number of carbonyl (C=O) groups excluding carboxylic acids is 1. The molecule has 1 saturated heterocycles. The van der Waals surface area contributed by atoms with Crippen molar-refractivity contribution < 1.29 is 14.3 Å². The first-order valence-corrected chi connectivity index (χ1v) is 10.5. The molecule has 1 aliphatic heterocycles. The van der Waals surface area contributed by atoms with Crippen LogP contribution >= 0.6 is 0 Å². The van der Waals surface area contributed by atoms with Crippen LogP contribution in [0.5, 0.6) is 11.5 Å². The zero-order valence-electron chi connectivity index (χ0n) is 16.6. The fourth-order valence-corrected chi connectivity index (χ4v) is 5.66. The van der Waals surface area contributed by atoms with Crippen LogP contribution in [0.4, 0.5) is 0 Å². The van der Waals surface area contributed by atoms with Crippen molar-refractivity contribution in [2.75, 3.05) is 27.3 Å². The molecule has 5 nitrogen and oxygen atoms in total. The minimum Gasteiger partial charge on any atom is -0.497 e. The molecule has 0 unspecified atom stereocenters. The lowest BCUT2D eigenvalue weighted by molar-refractivity contribution is 0.0346. The van der Waals surface area contributed by atoms with Gasteiger partial charge in [-0.25, -0.2) is 0 Å². The van der Waals surface area contributed by atoms with Gasteiger partial charge in [-0.1, -0.05) is 12.8 Å². The highest BCUT2D eigenvalue weighted by molar-refractivity contribution is 5.97. The Kier molecular flexibility index (Phi) is 5.58. The molecule has 1 atom stereocenters. The Morgan fingerprint density at radius 3 is 2.37 bits per heavy atom. The summed E-state index contributed by atoms with van der Waals surface area (Å²) < 4.78 is 10.6. The molecule has 3 fully saturated rings. The number of amides is 1. The zero-order chi connectivity index (χ0) is 18.8. The molecule has 4 rings (SSSR count). The Balaban J connectivity index is 1.39. The summed E-state index contributed by atoms with van der Waals surface area (Å²) in [7, 11) is 3.20. The lowest BCUT2D eigenvalue weighted by Crippen LogP contribution is -2.50. The summed E-state index contributed by atoms with van der Waals surface area (Å²) in [4.78, 5) is 15.5. The summed E-state index contributed by atoms with van der Waals surface area (Å²) in [5, 5.41) is 3.24. The van der Waals surface area contributed by atoms with E-state index in [9.17, 15) is 4.79 Å². The predicted octanol–water partition coefficient (Wildman–Crippen LogP) is 3.48. The third-order valence-electron chi connectivity index (χ3n) is 6.90. The van der Waals surface area contributed by atoms with Crippen LogP contribution in [-0.2, 0) is 0 Å². The van der Waals surface area contributed by atoms with Gasteiger partial charge in [0.15, 0.2) is 0 Å². The summed E-state index contributed by atoms with van der Waals surface area (Å²) in [6.45, 7) is 2.10. The van der Waals surface area contributed by atoms with Gasteiger partial charge in [0.25, 0.3) is 5.91 Å². The number of methoxy groups -OCH3 is 2. The first-order valence-electron chi connectivity index (χ1n) is 10.5. The van der Waals surface area contributed by atoms with Gasteiger partial charge in [-0.2, -0.15) is 0 Å². The number of carbonyl (C=O) groups is 1. The number of nitrogens with zero attached hydrogens (tertiary/aromatic N) is 1. The number of hydrogen-bond donors (Lipinski definition) is 1. The van der Waals surface area contributed by atoms with E-state index in [1.54, 1.807) is 26.4 Å². The van der Waals surface area contributed by atoms with E-state index in [4.69, 9.17) is 9.47 Å². The summed E-state index contributed by atoms with van der Waals surface area (Å²) in [5.74, 6) is 2.97. The van der Waals surface area contributed by atoms with Gasteiger partial charge in [-0.15, -0.1) is 0 Å². The van der Waals surface area contributed by atoms with E-state index in [2.05, 4.69) is 10.2 Å². The van der Waals surface area contributed by atoms with Crippen LogP contribution in [-0.4, -0.2) is 50.2 Å². The molecule has 3 aliphatic rings. The van der Waals surface area contributed by atoms with Crippen molar-refractivity contribution in [3.8, 4) is 11.5 Å². The summed E-state index contributed by atoms with van der Waals surface area (Å²) in [6.07, 6.45) is 9.47. The molecule has 27 heavy (non-hydrogen) atoms. The van der Waals surface area contributed by atoms with E-state index >= 15 is 0 Å². The summed E-state index contributed by atoms with van der Waals surface area (Å²) >= 11 is 0. The highest BCUT2D eigenvalue weighted by atomic mass is 16.5. The minimum absolute atomic E-state index is 0.0507. The molecule has 2 bridgehead atoms. The molecule has 2 aliphatic carbocycles. The standard InChI is InChI=1S/C22H32N2O3/c1-26-18-9-10-19(20(13-18)27-2)22(25)23-17-11-12-24(14-17)21-15-5-3-6-16(21)8-4-7-15/h9-10,13,15-17,21H,3-8,11-12,14H2,1-2H3,(H,23,25)/t15?,16?,17-,21?/m0/s1. The van der Waals surface area contributed by atoms with Gasteiger partial charge in [0.2, 0.25) is 0 Å². The lowest BCUT2D eigenvalue weighted by atomic mass is 9.68. The van der Waals surface area contributed by atoms with E-state index in [1.807, 2.05) is 6.07 Å². The number of benzene rings is 1. The monoisotopic (exact) mass is 372 g/mol. The van der Waals surface area contributed by atoms with Crippen molar-refractivity contribution in [2.24, 2.45) is 11.8 Å². The number of nitrogens with one attached hydrogen (secondary N) is 1. The third-order valence-corrected chi connectivity index (χ3v) is 6.90. The van der Waals surface area contributed by atoms with Crippen LogP contribution in [0.1, 0.15) is 55.3 Å². The first-order chi connectivity index (χ1) is 13.2. The first kappa shape index (κ1) is 18.6. The highest BCUT2D eigenvalue weighted by Crippen LogP contribution is 2.43. The van der Waals surface area contributed by atoms with Gasteiger partial charge in [0, 0.05) is 31.2 Å². The molecule has 1 amide bonds. The van der Waals surface area contributed by atoms with Gasteiger partial charge < -0.3 is 14.8 Å². The number of rotatable bonds is 5. The predicted molar refractivity (Wildman–Crippen MR) is 105 cm³/mol. The van der Waals surface area contributed by atoms with E-state index in [-0.39, 0.29) is 11.9 Å². The van der Waals surface area contributed by atoms with E-state index < -0.39 is 0 Å². The van der Waals surface area contributed by atoms with Crippen molar-refractivity contribution in [1.82, 2.24) is 10.2 Å². The topological polar surface area (TPSA) is 50.8 Å². The van der Waals surface area contributed by atoms with Crippen LogP contribution in [0.2, 0.25) is 0 Å². The molecular weight excluding hydrogens is 340 g/mol. The summed E-state index contributed by atoms with van der Waals surface area (Å²) in [6, 6.07) is 6.34. The number of fused-ring (bicyclic) bond motifs is 2. The van der Waals surface area contributed by atoms with Crippen molar-refractivity contribution >= 4 is 5.91 Å². The van der Waals surface area contributed by atoms with E-state index in [1.165, 1.54) is 38.5 Å². The maximum atomic E-state index is 12.8. The zero-order valence-corrected chi connectivity index (χ0v) is 16.6. The second-order valence-electron chi connectivity index (χ2n) is 8.39. The number of hydrogen-bond acceptors (Lipinski definition) is 4. The van der Waals surface area contributed by atoms with E-state index in [0.29, 0.717) is 17.1 Å². The van der Waals surface area contributed by atoms with Gasteiger partial charge in [0.05, 0.1) is 19.8 Å². The Morgan fingerprint density at radius 2 is 1.74 bits per heavy atom. The third kappa shape index (κ3) is 3.79. The molecule has 0 radical (unpaired) electrons. The van der Waals surface area contributed by atoms with Gasteiger partial charge >= 0.3 is 0 Å². The van der Waals surface area contributed by atoms with Crippen LogP contribution in [0.25, 0.3) is 0 Å². The molecule has 0 spiro atoms. The van der Waals surface area contributed by atoms with Gasteiger partial charge in [-0.3, -0.25) is 9.69 Å². The largest absolute Gasteiger partial charge is 0.497 e. The Hall–Kier alpha value is -1.75. The molecular formula is C22H32N2O3. The van der Waals surface area contributed by atoms with Crippen molar-refractivity contribution in [2.45, 2.75) is 57.0 Å². The molecule has 0 aromatic heterocycles. The molecule has 148 valence electrons. The second-order valence-corrected chi connectivity index (χ2v) is 8.39. The van der Waals surface area contributed by atoms with Crippen LogP contribution < -0.4 is 14.8 Å². The van der Waals surface area contributed by atoms with Crippen molar-refractivity contribution in [3.63, 3.8) is 0 Å². The van der Waals surface area contributed by atoms with Gasteiger partial charge in [0.1, 0.15) is 11.5 Å². The lowest BCUT2D eigenvalue weighted by Gasteiger charge is -2.47. The van der Waals surface area contributed by atoms with Crippen molar-refractivity contribution in [3.05, 3.63) is 23.8 Å². The van der Waals surface area contributed by atoms with Crippen LogP contribution in [0.15, 0.2) is 18.2 Å². The maximum absolute atomic E-state index is 12.8. The molecule has 5 heteroatoms. The second kappa shape index (κ2) is 8.09. The Labute approximate surface area is 162 Å². The quantitative estimate of drug-likeness (QED) is 0.860. The molecule has 1 N–H and O–H groups in total. The fraction of sp³-hybridized carbons (Fsp3) is 0.682. The molecule has 1 aromatic carbocycles. The smallest absolute Gasteiger partial charge is 0.255 e. The Morgan fingerprint density at radius 1 is 1.04 bits per heavy atom. The van der Waals surface area contributed by atoms with E-state index in [0.717, 1.165) is 37.4 Å². The highest BCUT2D eigenvalue weighted by Gasteiger charge is 2.42. The Bertz CT molecular complexity index is 656.